The van der Waals surface area contributed by atoms with E-state index in [1.807, 2.05) is 0 Å². The molecule has 3 aromatic rings. The number of halogens is 6. The molecule has 0 aromatic heterocycles. The standard InChI is InChI=1S/C24H20F6N2O5S/c1-36-20-10-9-19(13-21(20)37-2)38(34,35)32(18-8-4-6-16(12-18)24(28,29)30)14-22(33)31-17-7-3-5-15(11-17)23(25,26)27/h3-13H,14H2,1-2H3,(H,31,33). The molecule has 0 aliphatic heterocycles. The molecule has 38 heavy (non-hydrogen) atoms. The van der Waals surface area contributed by atoms with Crippen molar-refractivity contribution in [1.82, 2.24) is 0 Å². The molecule has 0 saturated heterocycles. The van der Waals surface area contributed by atoms with Crippen LogP contribution >= 0.6 is 0 Å². The smallest absolute Gasteiger partial charge is 0.416 e. The molecule has 7 nitrogen and oxygen atoms in total. The van der Waals surface area contributed by atoms with Gasteiger partial charge in [-0.2, -0.15) is 26.3 Å². The molecule has 0 fully saturated rings. The second-order valence-corrected chi connectivity index (χ2v) is 9.57. The zero-order valence-electron chi connectivity index (χ0n) is 19.7. The molecule has 0 aliphatic carbocycles. The maximum atomic E-state index is 13.6. The number of methoxy groups -OCH3 is 2. The van der Waals surface area contributed by atoms with E-state index in [0.717, 1.165) is 42.5 Å². The lowest BCUT2D eigenvalue weighted by molar-refractivity contribution is -0.138. The Morgan fingerprint density at radius 1 is 0.816 bits per heavy atom. The van der Waals surface area contributed by atoms with Gasteiger partial charge in [0.25, 0.3) is 10.0 Å². The fourth-order valence-corrected chi connectivity index (χ4v) is 4.79. The molecule has 0 spiro atoms. The molecule has 0 bridgehead atoms. The van der Waals surface area contributed by atoms with Crippen LogP contribution < -0.4 is 19.1 Å². The number of hydrogen-bond donors (Lipinski definition) is 1. The molecule has 0 unspecified atom stereocenters. The van der Waals surface area contributed by atoms with Crippen molar-refractivity contribution in [2.45, 2.75) is 17.2 Å². The third kappa shape index (κ3) is 6.49. The molecule has 0 radical (unpaired) electrons. The average molecular weight is 562 g/mol. The maximum Gasteiger partial charge on any atom is 0.416 e. The molecule has 0 heterocycles. The lowest BCUT2D eigenvalue weighted by Gasteiger charge is -2.25. The molecule has 0 aliphatic rings. The van der Waals surface area contributed by atoms with Crippen molar-refractivity contribution in [3.8, 4) is 11.5 Å². The first-order valence-electron chi connectivity index (χ1n) is 10.6. The topological polar surface area (TPSA) is 84.9 Å². The van der Waals surface area contributed by atoms with Crippen LogP contribution in [0.15, 0.2) is 71.6 Å². The number of sulfonamides is 1. The largest absolute Gasteiger partial charge is 0.493 e. The van der Waals surface area contributed by atoms with Gasteiger partial charge >= 0.3 is 12.4 Å². The summed E-state index contributed by atoms with van der Waals surface area (Å²) in [5.41, 5.74) is -3.05. The van der Waals surface area contributed by atoms with Gasteiger partial charge in [0.1, 0.15) is 6.54 Å². The van der Waals surface area contributed by atoms with Crippen molar-refractivity contribution in [3.63, 3.8) is 0 Å². The second-order valence-electron chi connectivity index (χ2n) is 7.70. The number of nitrogens with zero attached hydrogens (tertiary/aromatic N) is 1. The van der Waals surface area contributed by atoms with Crippen molar-refractivity contribution in [2.75, 3.05) is 30.4 Å². The van der Waals surface area contributed by atoms with E-state index in [2.05, 4.69) is 5.32 Å². The fraction of sp³-hybridized carbons (Fsp3) is 0.208. The van der Waals surface area contributed by atoms with Crippen LogP contribution in [0.1, 0.15) is 11.1 Å². The molecular weight excluding hydrogens is 542 g/mol. The summed E-state index contributed by atoms with van der Waals surface area (Å²) in [6.07, 6.45) is -9.53. The summed E-state index contributed by atoms with van der Waals surface area (Å²) in [5.74, 6) is -0.948. The number of nitrogens with one attached hydrogen (secondary N) is 1. The Labute approximate surface area is 213 Å². The number of alkyl halides is 6. The third-order valence-corrected chi connectivity index (χ3v) is 6.94. The highest BCUT2D eigenvalue weighted by molar-refractivity contribution is 7.92. The molecule has 0 atom stereocenters. The highest BCUT2D eigenvalue weighted by atomic mass is 32.2. The van der Waals surface area contributed by atoms with Crippen LogP contribution in [0.25, 0.3) is 0 Å². The van der Waals surface area contributed by atoms with Crippen molar-refractivity contribution in [2.24, 2.45) is 0 Å². The summed E-state index contributed by atoms with van der Waals surface area (Å²) in [6.45, 7) is -1.06. The van der Waals surface area contributed by atoms with Gasteiger partial charge < -0.3 is 14.8 Å². The Kier molecular flexibility index (Phi) is 8.15. The van der Waals surface area contributed by atoms with Crippen LogP contribution in [0.4, 0.5) is 37.7 Å². The molecular formula is C24H20F6N2O5S. The van der Waals surface area contributed by atoms with Crippen molar-refractivity contribution >= 4 is 27.3 Å². The first kappa shape index (κ1) is 28.6. The summed E-state index contributed by atoms with van der Waals surface area (Å²) in [6, 6.07) is 10.2. The Hall–Kier alpha value is -3.94. The van der Waals surface area contributed by atoms with Crippen LogP contribution in [-0.4, -0.2) is 35.1 Å². The van der Waals surface area contributed by atoms with E-state index in [-0.39, 0.29) is 17.2 Å². The number of ether oxygens (including phenoxy) is 2. The molecule has 1 amide bonds. The highest BCUT2D eigenvalue weighted by Crippen LogP contribution is 2.35. The summed E-state index contributed by atoms with van der Waals surface area (Å²) >= 11 is 0. The minimum Gasteiger partial charge on any atom is -0.493 e. The molecule has 204 valence electrons. The Morgan fingerprint density at radius 3 is 1.97 bits per heavy atom. The monoisotopic (exact) mass is 562 g/mol. The Bertz CT molecular complexity index is 1420. The van der Waals surface area contributed by atoms with Crippen LogP contribution in [0.2, 0.25) is 0 Å². The lowest BCUT2D eigenvalue weighted by Crippen LogP contribution is -2.38. The van der Waals surface area contributed by atoms with Gasteiger partial charge in [-0.15, -0.1) is 0 Å². The summed E-state index contributed by atoms with van der Waals surface area (Å²) in [7, 11) is -2.16. The predicted octanol–water partition coefficient (Wildman–Crippen LogP) is 5.58. The SMILES string of the molecule is COc1ccc(S(=O)(=O)N(CC(=O)Nc2cccc(C(F)(F)F)c2)c2cccc(C(F)(F)F)c2)cc1OC. The van der Waals surface area contributed by atoms with Gasteiger partial charge in [0.05, 0.1) is 35.9 Å². The number of hydrogen-bond acceptors (Lipinski definition) is 5. The quantitative estimate of drug-likeness (QED) is 0.363. The van der Waals surface area contributed by atoms with Crippen LogP contribution in [-0.2, 0) is 27.2 Å². The minimum atomic E-state index is -4.82. The Balaban J connectivity index is 2.05. The van der Waals surface area contributed by atoms with E-state index >= 15 is 0 Å². The average Bonchev–Trinajstić information content (AvgIpc) is 2.86. The van der Waals surface area contributed by atoms with Gasteiger partial charge in [0, 0.05) is 11.8 Å². The van der Waals surface area contributed by atoms with Crippen molar-refractivity contribution < 1.29 is 49.0 Å². The normalized spacial score (nSPS) is 12.1. The van der Waals surface area contributed by atoms with Crippen molar-refractivity contribution in [3.05, 3.63) is 77.9 Å². The third-order valence-electron chi connectivity index (χ3n) is 5.17. The number of rotatable bonds is 8. The van der Waals surface area contributed by atoms with E-state index in [4.69, 9.17) is 9.47 Å². The number of carbonyl (C=O) groups is 1. The molecule has 1 N–H and O–H groups in total. The number of anilines is 2. The minimum absolute atomic E-state index is 0.00835. The van der Waals surface area contributed by atoms with E-state index in [9.17, 15) is 39.6 Å². The highest BCUT2D eigenvalue weighted by Gasteiger charge is 2.34. The van der Waals surface area contributed by atoms with Gasteiger partial charge in [-0.25, -0.2) is 8.42 Å². The summed E-state index contributed by atoms with van der Waals surface area (Å²) in [5, 5.41) is 2.15. The molecule has 3 rings (SSSR count). The first-order valence-corrected chi connectivity index (χ1v) is 12.0. The number of benzene rings is 3. The Morgan fingerprint density at radius 2 is 1.39 bits per heavy atom. The second kappa shape index (κ2) is 10.8. The lowest BCUT2D eigenvalue weighted by atomic mass is 10.2. The van der Waals surface area contributed by atoms with Crippen LogP contribution in [0.3, 0.4) is 0 Å². The number of carbonyl (C=O) groups excluding carboxylic acids is 1. The maximum absolute atomic E-state index is 13.6. The zero-order chi connectivity index (χ0) is 28.3. The van der Waals surface area contributed by atoms with E-state index in [1.165, 1.54) is 20.3 Å². The van der Waals surface area contributed by atoms with E-state index in [0.29, 0.717) is 22.5 Å². The zero-order valence-corrected chi connectivity index (χ0v) is 20.5. The fourth-order valence-electron chi connectivity index (χ4n) is 3.36. The van der Waals surface area contributed by atoms with E-state index in [1.54, 1.807) is 0 Å². The predicted molar refractivity (Wildman–Crippen MR) is 126 cm³/mol. The van der Waals surface area contributed by atoms with Gasteiger partial charge in [0.2, 0.25) is 5.91 Å². The first-order chi connectivity index (χ1) is 17.7. The van der Waals surface area contributed by atoms with Crippen LogP contribution in [0, 0.1) is 0 Å². The van der Waals surface area contributed by atoms with E-state index < -0.39 is 56.5 Å². The van der Waals surface area contributed by atoms with Gasteiger partial charge in [-0.1, -0.05) is 12.1 Å². The number of amides is 1. The van der Waals surface area contributed by atoms with Gasteiger partial charge in [0.15, 0.2) is 11.5 Å². The molecule has 0 saturated carbocycles. The summed E-state index contributed by atoms with van der Waals surface area (Å²) < 4.78 is 117. The molecule has 3 aromatic carbocycles. The van der Waals surface area contributed by atoms with Gasteiger partial charge in [-0.05, 0) is 48.5 Å². The molecule has 14 heteroatoms. The van der Waals surface area contributed by atoms with Crippen molar-refractivity contribution in [1.29, 1.82) is 0 Å². The van der Waals surface area contributed by atoms with Crippen LogP contribution in [0.5, 0.6) is 11.5 Å². The summed E-state index contributed by atoms with van der Waals surface area (Å²) in [4.78, 5) is 12.3. The van der Waals surface area contributed by atoms with Gasteiger partial charge in [-0.3, -0.25) is 9.10 Å².